The van der Waals surface area contributed by atoms with Gasteiger partial charge in [0.1, 0.15) is 0 Å². The van der Waals surface area contributed by atoms with E-state index in [9.17, 15) is 21.6 Å². The van der Waals surface area contributed by atoms with E-state index in [-0.39, 0.29) is 5.13 Å². The highest BCUT2D eigenvalue weighted by Gasteiger charge is 2.46. The molecule has 0 aliphatic carbocycles. The average molecular weight is 343 g/mol. The van der Waals surface area contributed by atoms with Gasteiger partial charge in [0.15, 0.2) is 5.13 Å². The maximum absolute atomic E-state index is 12.2. The molecule has 0 saturated carbocycles. The number of thiophene rings is 1. The highest BCUT2D eigenvalue weighted by atomic mass is 32.2. The zero-order chi connectivity index (χ0) is 15.0. The number of hydrogen-bond donors (Lipinski definition) is 2. The Morgan fingerprint density at radius 2 is 2.05 bits per heavy atom. The summed E-state index contributed by atoms with van der Waals surface area (Å²) in [6.07, 6.45) is 0. The molecule has 0 amide bonds. The Balaban J connectivity index is 2.22. The minimum atomic E-state index is -5.44. The summed E-state index contributed by atoms with van der Waals surface area (Å²) in [5, 5.41) is 1.14. The third kappa shape index (κ3) is 3.11. The largest absolute Gasteiger partial charge is 0.516 e. The number of halogens is 3. The number of thiazole rings is 1. The van der Waals surface area contributed by atoms with Crippen molar-refractivity contribution in [1.29, 1.82) is 0 Å². The highest BCUT2D eigenvalue weighted by molar-refractivity contribution is 7.93. The van der Waals surface area contributed by atoms with Gasteiger partial charge in [0.25, 0.3) is 0 Å². The summed E-state index contributed by atoms with van der Waals surface area (Å²) in [7, 11) is -5.44. The summed E-state index contributed by atoms with van der Waals surface area (Å²) in [4.78, 5) is 5.43. The van der Waals surface area contributed by atoms with Gasteiger partial charge in [0.2, 0.25) is 0 Å². The number of nitrogens with two attached hydrogens (primary N) is 1. The van der Waals surface area contributed by atoms with Crippen LogP contribution in [-0.4, -0.2) is 18.9 Å². The van der Waals surface area contributed by atoms with Crippen molar-refractivity contribution in [1.82, 2.24) is 4.98 Å². The van der Waals surface area contributed by atoms with E-state index in [0.29, 0.717) is 17.1 Å². The molecule has 11 heteroatoms. The first-order valence-electron chi connectivity index (χ1n) is 5.06. The number of sulfonamides is 1. The van der Waals surface area contributed by atoms with Crippen LogP contribution in [0.4, 0.5) is 18.3 Å². The van der Waals surface area contributed by atoms with Gasteiger partial charge < -0.3 is 5.73 Å². The van der Waals surface area contributed by atoms with Crippen LogP contribution in [0.5, 0.6) is 0 Å². The molecule has 2 heterocycles. The molecule has 0 aromatic carbocycles. The molecule has 0 saturated heterocycles. The summed E-state index contributed by atoms with van der Waals surface area (Å²) in [6, 6.07) is 3.50. The standard InChI is InChI=1S/C9H8F3N3O2S3/c10-9(11,12)20(16,17)15-8-14-6(4-18-8)7-2-1-5(3-13)19-7/h1-2,4H,3,13H2,(H,14,15). The van der Waals surface area contributed by atoms with Gasteiger partial charge in [-0.1, -0.05) is 0 Å². The lowest BCUT2D eigenvalue weighted by atomic mass is 10.4. The fourth-order valence-corrected chi connectivity index (χ4v) is 3.62. The van der Waals surface area contributed by atoms with Crippen LogP contribution >= 0.6 is 22.7 Å². The first kappa shape index (κ1) is 15.2. The van der Waals surface area contributed by atoms with Crippen molar-refractivity contribution < 1.29 is 21.6 Å². The molecule has 110 valence electrons. The summed E-state index contributed by atoms with van der Waals surface area (Å²) in [6.45, 7) is 0.350. The van der Waals surface area contributed by atoms with E-state index in [1.807, 2.05) is 0 Å². The molecule has 2 aromatic heterocycles. The van der Waals surface area contributed by atoms with Crippen molar-refractivity contribution >= 4 is 37.8 Å². The fraction of sp³-hybridized carbons (Fsp3) is 0.222. The Morgan fingerprint density at radius 3 is 2.60 bits per heavy atom. The Kier molecular flexibility index (Phi) is 4.04. The predicted molar refractivity (Wildman–Crippen MR) is 71.9 cm³/mol. The first-order chi connectivity index (χ1) is 9.23. The van der Waals surface area contributed by atoms with Gasteiger partial charge in [0, 0.05) is 16.8 Å². The SMILES string of the molecule is NCc1ccc(-c2csc(NS(=O)(=O)C(F)(F)F)n2)s1. The molecule has 20 heavy (non-hydrogen) atoms. The lowest BCUT2D eigenvalue weighted by Gasteiger charge is -2.07. The average Bonchev–Trinajstić information content (AvgIpc) is 2.94. The lowest BCUT2D eigenvalue weighted by molar-refractivity contribution is -0.0429. The molecule has 0 fully saturated rings. The van der Waals surface area contributed by atoms with Gasteiger partial charge in [-0.2, -0.15) is 21.6 Å². The molecule has 0 aliphatic heterocycles. The molecule has 0 spiro atoms. The number of nitrogens with zero attached hydrogens (tertiary/aromatic N) is 1. The smallest absolute Gasteiger partial charge is 0.326 e. The maximum atomic E-state index is 12.2. The fourth-order valence-electron chi connectivity index (χ4n) is 1.23. The molecule has 3 N–H and O–H groups in total. The Hall–Kier alpha value is -1.17. The summed E-state index contributed by atoms with van der Waals surface area (Å²) < 4.78 is 59.9. The van der Waals surface area contributed by atoms with E-state index in [1.165, 1.54) is 21.4 Å². The number of rotatable bonds is 4. The third-order valence-electron chi connectivity index (χ3n) is 2.15. The van der Waals surface area contributed by atoms with Crippen LogP contribution in [0.2, 0.25) is 0 Å². The van der Waals surface area contributed by atoms with Crippen LogP contribution in [0.3, 0.4) is 0 Å². The minimum absolute atomic E-state index is 0.333. The molecule has 2 aromatic rings. The number of aromatic nitrogens is 1. The zero-order valence-corrected chi connectivity index (χ0v) is 12.1. The van der Waals surface area contributed by atoms with E-state index >= 15 is 0 Å². The topological polar surface area (TPSA) is 85.1 Å². The van der Waals surface area contributed by atoms with Crippen LogP contribution in [0.25, 0.3) is 10.6 Å². The molecule has 0 atom stereocenters. The van der Waals surface area contributed by atoms with Crippen molar-refractivity contribution in [3.63, 3.8) is 0 Å². The van der Waals surface area contributed by atoms with Crippen LogP contribution in [0, 0.1) is 0 Å². The minimum Gasteiger partial charge on any atom is -0.326 e. The highest BCUT2D eigenvalue weighted by Crippen LogP contribution is 2.32. The Bertz CT molecular complexity index is 705. The number of alkyl halides is 3. The lowest BCUT2D eigenvalue weighted by Crippen LogP contribution is -2.29. The summed E-state index contributed by atoms with van der Waals surface area (Å²) in [5.74, 6) is 0. The Labute approximate surface area is 120 Å². The van der Waals surface area contributed by atoms with Crippen molar-refractivity contribution in [3.05, 3.63) is 22.4 Å². The molecule has 0 unspecified atom stereocenters. The number of hydrogen-bond acceptors (Lipinski definition) is 6. The van der Waals surface area contributed by atoms with Gasteiger partial charge in [-0.3, -0.25) is 4.72 Å². The molecular weight excluding hydrogens is 335 g/mol. The number of anilines is 1. The number of nitrogens with one attached hydrogen (secondary N) is 1. The summed E-state index contributed by atoms with van der Waals surface area (Å²) in [5.41, 5.74) is 0.489. The first-order valence-corrected chi connectivity index (χ1v) is 8.24. The van der Waals surface area contributed by atoms with E-state index < -0.39 is 15.5 Å². The third-order valence-corrected chi connectivity index (χ3v) is 5.23. The quantitative estimate of drug-likeness (QED) is 0.893. The van der Waals surface area contributed by atoms with Gasteiger partial charge >= 0.3 is 15.5 Å². The van der Waals surface area contributed by atoms with E-state index in [0.717, 1.165) is 16.2 Å². The molecule has 0 radical (unpaired) electrons. The van der Waals surface area contributed by atoms with E-state index in [1.54, 1.807) is 12.1 Å². The Morgan fingerprint density at radius 1 is 1.35 bits per heavy atom. The molecule has 2 rings (SSSR count). The second-order valence-corrected chi connectivity index (χ2v) is 7.26. The van der Waals surface area contributed by atoms with Gasteiger partial charge in [-0.05, 0) is 12.1 Å². The zero-order valence-electron chi connectivity index (χ0n) is 9.64. The molecule has 5 nitrogen and oxygen atoms in total. The van der Waals surface area contributed by atoms with Crippen LogP contribution in [0.1, 0.15) is 4.88 Å². The van der Waals surface area contributed by atoms with Crippen LogP contribution in [0.15, 0.2) is 17.5 Å². The van der Waals surface area contributed by atoms with Crippen molar-refractivity contribution in [2.45, 2.75) is 12.1 Å². The van der Waals surface area contributed by atoms with Gasteiger partial charge in [0.05, 0.1) is 10.6 Å². The van der Waals surface area contributed by atoms with Crippen molar-refractivity contribution in [3.8, 4) is 10.6 Å². The van der Waals surface area contributed by atoms with E-state index in [4.69, 9.17) is 5.73 Å². The monoisotopic (exact) mass is 343 g/mol. The van der Waals surface area contributed by atoms with Gasteiger partial charge in [-0.15, -0.1) is 22.7 Å². The normalized spacial score (nSPS) is 12.6. The summed E-state index contributed by atoms with van der Waals surface area (Å²) >= 11 is 2.12. The second-order valence-electron chi connectivity index (χ2n) is 3.56. The molecular formula is C9H8F3N3O2S3. The second kappa shape index (κ2) is 5.31. The van der Waals surface area contributed by atoms with Crippen LogP contribution in [-0.2, 0) is 16.6 Å². The predicted octanol–water partition coefficient (Wildman–Crippen LogP) is 2.59. The van der Waals surface area contributed by atoms with Crippen molar-refractivity contribution in [2.75, 3.05) is 4.72 Å². The van der Waals surface area contributed by atoms with E-state index in [2.05, 4.69) is 4.98 Å². The van der Waals surface area contributed by atoms with Crippen LogP contribution < -0.4 is 10.5 Å². The van der Waals surface area contributed by atoms with Crippen molar-refractivity contribution in [2.24, 2.45) is 5.73 Å². The molecule has 0 aliphatic rings. The van der Waals surface area contributed by atoms with Gasteiger partial charge in [-0.25, -0.2) is 4.98 Å². The molecule has 0 bridgehead atoms. The maximum Gasteiger partial charge on any atom is 0.516 e.